The van der Waals surface area contributed by atoms with Gasteiger partial charge in [0.05, 0.1) is 20.2 Å². The minimum atomic E-state index is -0.418. The molecule has 1 aliphatic rings. The van der Waals surface area contributed by atoms with Crippen molar-refractivity contribution in [2.24, 2.45) is 0 Å². The summed E-state index contributed by atoms with van der Waals surface area (Å²) in [7, 11) is 1.59. The number of hydrogen-bond acceptors (Lipinski definition) is 4. The molecule has 1 aliphatic heterocycles. The molecule has 6 heteroatoms. The van der Waals surface area contributed by atoms with Gasteiger partial charge in [0.15, 0.2) is 0 Å². The summed E-state index contributed by atoms with van der Waals surface area (Å²) in [5, 5.41) is 2.85. The van der Waals surface area contributed by atoms with Gasteiger partial charge in [0.2, 0.25) is 0 Å². The molecule has 1 unspecified atom stereocenters. The minimum Gasteiger partial charge on any atom is -0.497 e. The van der Waals surface area contributed by atoms with E-state index < -0.39 is 12.2 Å². The number of carbonyl (C=O) groups is 2. The number of amides is 2. The van der Waals surface area contributed by atoms with E-state index in [0.717, 1.165) is 11.4 Å². The molecule has 3 rings (SSSR count). The number of benzene rings is 2. The van der Waals surface area contributed by atoms with Gasteiger partial charge in [-0.25, -0.2) is 4.79 Å². The largest absolute Gasteiger partial charge is 0.497 e. The molecule has 1 atom stereocenters. The van der Waals surface area contributed by atoms with Crippen LogP contribution in [0.2, 0.25) is 0 Å². The van der Waals surface area contributed by atoms with Gasteiger partial charge >= 0.3 is 6.09 Å². The van der Waals surface area contributed by atoms with E-state index in [1.54, 1.807) is 36.3 Å². The van der Waals surface area contributed by atoms with E-state index in [9.17, 15) is 9.59 Å². The molecule has 0 aromatic heterocycles. The van der Waals surface area contributed by atoms with Crippen LogP contribution in [0.1, 0.15) is 36.7 Å². The van der Waals surface area contributed by atoms with E-state index in [4.69, 9.17) is 9.47 Å². The highest BCUT2D eigenvalue weighted by molar-refractivity contribution is 5.94. The average Bonchev–Trinajstić information content (AvgIpc) is 3.06. The lowest BCUT2D eigenvalue weighted by molar-refractivity contribution is 0.0916. The Bertz CT molecular complexity index is 838. The Hall–Kier alpha value is -3.02. The van der Waals surface area contributed by atoms with Crippen LogP contribution in [-0.2, 0) is 10.2 Å². The fourth-order valence-electron chi connectivity index (χ4n) is 3.03. The molecular formula is C22H26N2O4. The molecule has 0 spiro atoms. The van der Waals surface area contributed by atoms with Gasteiger partial charge in [0, 0.05) is 11.3 Å². The van der Waals surface area contributed by atoms with Crippen LogP contribution in [0.4, 0.5) is 10.5 Å². The van der Waals surface area contributed by atoms with Gasteiger partial charge in [-0.05, 0) is 47.4 Å². The zero-order valence-corrected chi connectivity index (χ0v) is 16.7. The van der Waals surface area contributed by atoms with E-state index in [0.29, 0.717) is 12.1 Å². The van der Waals surface area contributed by atoms with Crippen LogP contribution in [0, 0.1) is 0 Å². The number of nitrogens with zero attached hydrogens (tertiary/aromatic N) is 1. The number of anilines is 1. The molecule has 1 N–H and O–H groups in total. The summed E-state index contributed by atoms with van der Waals surface area (Å²) in [6.45, 7) is 7.04. The second kappa shape index (κ2) is 7.92. The van der Waals surface area contributed by atoms with Crippen LogP contribution in [0.25, 0.3) is 0 Å². The standard InChI is InChI=1S/C22H26N2O4/c1-22(2,3)16-7-5-15(6-8-16)20(25)23-13-19-14-24(21(26)28-19)17-9-11-18(27-4)12-10-17/h5-12,19H,13-14H2,1-4H3,(H,23,25). The molecule has 0 aliphatic carbocycles. The molecule has 148 valence electrons. The Labute approximate surface area is 165 Å². The molecule has 1 saturated heterocycles. The van der Waals surface area contributed by atoms with Crippen molar-refractivity contribution in [3.8, 4) is 5.75 Å². The minimum absolute atomic E-state index is 0.0397. The Balaban J connectivity index is 1.56. The molecule has 2 aromatic rings. The number of methoxy groups -OCH3 is 1. The van der Waals surface area contributed by atoms with Crippen molar-refractivity contribution in [2.45, 2.75) is 32.3 Å². The van der Waals surface area contributed by atoms with Gasteiger partial charge in [-0.1, -0.05) is 32.9 Å². The Morgan fingerprint density at radius 1 is 1.14 bits per heavy atom. The lowest BCUT2D eigenvalue weighted by atomic mass is 9.87. The Kier molecular flexibility index (Phi) is 5.58. The van der Waals surface area contributed by atoms with Crippen LogP contribution < -0.4 is 15.0 Å². The number of cyclic esters (lactones) is 1. The zero-order valence-electron chi connectivity index (χ0n) is 16.7. The first-order valence-electron chi connectivity index (χ1n) is 9.29. The molecule has 2 amide bonds. The van der Waals surface area contributed by atoms with Crippen LogP contribution in [0.15, 0.2) is 48.5 Å². The fourth-order valence-corrected chi connectivity index (χ4v) is 3.03. The Morgan fingerprint density at radius 3 is 2.36 bits per heavy atom. The number of carbonyl (C=O) groups excluding carboxylic acids is 2. The van der Waals surface area contributed by atoms with E-state index in [1.807, 2.05) is 24.3 Å². The highest BCUT2D eigenvalue weighted by atomic mass is 16.6. The summed E-state index contributed by atoms with van der Waals surface area (Å²) < 4.78 is 10.5. The molecular weight excluding hydrogens is 356 g/mol. The second-order valence-corrected chi connectivity index (χ2v) is 7.85. The average molecular weight is 382 g/mol. The smallest absolute Gasteiger partial charge is 0.414 e. The quantitative estimate of drug-likeness (QED) is 0.855. The topological polar surface area (TPSA) is 67.9 Å². The van der Waals surface area contributed by atoms with E-state index in [1.165, 1.54) is 5.56 Å². The van der Waals surface area contributed by atoms with Crippen LogP contribution in [-0.4, -0.2) is 38.3 Å². The lowest BCUT2D eigenvalue weighted by Gasteiger charge is -2.19. The van der Waals surface area contributed by atoms with E-state index in [2.05, 4.69) is 26.1 Å². The molecule has 28 heavy (non-hydrogen) atoms. The molecule has 6 nitrogen and oxygen atoms in total. The predicted octanol–water partition coefficient (Wildman–Crippen LogP) is 3.75. The van der Waals surface area contributed by atoms with Crippen LogP contribution >= 0.6 is 0 Å². The van der Waals surface area contributed by atoms with Crippen molar-refractivity contribution in [1.29, 1.82) is 0 Å². The van der Waals surface area contributed by atoms with Gasteiger partial charge in [-0.3, -0.25) is 9.69 Å². The molecule has 1 fully saturated rings. The molecule has 0 bridgehead atoms. The maximum atomic E-state index is 12.4. The first kappa shape index (κ1) is 19.7. The molecule has 1 heterocycles. The summed E-state index contributed by atoms with van der Waals surface area (Å²) in [5.41, 5.74) is 2.53. The highest BCUT2D eigenvalue weighted by Gasteiger charge is 2.32. The van der Waals surface area contributed by atoms with Crippen molar-refractivity contribution in [3.63, 3.8) is 0 Å². The van der Waals surface area contributed by atoms with Crippen LogP contribution in [0.3, 0.4) is 0 Å². The van der Waals surface area contributed by atoms with E-state index >= 15 is 0 Å². The van der Waals surface area contributed by atoms with Gasteiger partial charge in [-0.15, -0.1) is 0 Å². The van der Waals surface area contributed by atoms with Crippen molar-refractivity contribution in [3.05, 3.63) is 59.7 Å². The normalized spacial score (nSPS) is 16.6. The maximum Gasteiger partial charge on any atom is 0.414 e. The Morgan fingerprint density at radius 2 is 1.79 bits per heavy atom. The molecule has 2 aromatic carbocycles. The SMILES string of the molecule is COc1ccc(N2CC(CNC(=O)c3ccc(C(C)(C)C)cc3)OC2=O)cc1. The van der Waals surface area contributed by atoms with Crippen LogP contribution in [0.5, 0.6) is 5.75 Å². The van der Waals surface area contributed by atoms with Crippen molar-refractivity contribution >= 4 is 17.7 Å². The van der Waals surface area contributed by atoms with Crippen molar-refractivity contribution in [2.75, 3.05) is 25.1 Å². The van der Waals surface area contributed by atoms with E-state index in [-0.39, 0.29) is 17.9 Å². The summed E-state index contributed by atoms with van der Waals surface area (Å²) >= 11 is 0. The number of ether oxygens (including phenoxy) is 2. The number of nitrogens with one attached hydrogen (secondary N) is 1. The maximum absolute atomic E-state index is 12.4. The van der Waals surface area contributed by atoms with Gasteiger partial charge in [-0.2, -0.15) is 0 Å². The third kappa shape index (κ3) is 4.44. The summed E-state index contributed by atoms with van der Waals surface area (Å²) in [6.07, 6.45) is -0.814. The molecule has 0 saturated carbocycles. The molecule has 0 radical (unpaired) electrons. The first-order valence-corrected chi connectivity index (χ1v) is 9.29. The third-order valence-corrected chi connectivity index (χ3v) is 4.76. The van der Waals surface area contributed by atoms with Crippen molar-refractivity contribution in [1.82, 2.24) is 5.32 Å². The van der Waals surface area contributed by atoms with Gasteiger partial charge in [0.1, 0.15) is 11.9 Å². The van der Waals surface area contributed by atoms with Crippen molar-refractivity contribution < 1.29 is 19.1 Å². The number of rotatable bonds is 5. The van der Waals surface area contributed by atoms with Gasteiger partial charge < -0.3 is 14.8 Å². The van der Waals surface area contributed by atoms with Gasteiger partial charge in [0.25, 0.3) is 5.91 Å². The monoisotopic (exact) mass is 382 g/mol. The summed E-state index contributed by atoms with van der Waals surface area (Å²) in [5.74, 6) is 0.539. The zero-order chi connectivity index (χ0) is 20.3. The first-order chi connectivity index (χ1) is 13.3. The third-order valence-electron chi connectivity index (χ3n) is 4.76. The summed E-state index contributed by atoms with van der Waals surface area (Å²) in [6, 6.07) is 14.8. The fraction of sp³-hybridized carbons (Fsp3) is 0.364. The predicted molar refractivity (Wildman–Crippen MR) is 108 cm³/mol. The second-order valence-electron chi connectivity index (χ2n) is 7.85. The lowest BCUT2D eigenvalue weighted by Crippen LogP contribution is -2.34. The highest BCUT2D eigenvalue weighted by Crippen LogP contribution is 2.24. The summed E-state index contributed by atoms with van der Waals surface area (Å²) in [4.78, 5) is 26.1. The number of hydrogen-bond donors (Lipinski definition) is 1.